The molecule has 1 saturated heterocycles. The van der Waals surface area contributed by atoms with Crippen LogP contribution in [0, 0.1) is 0 Å². The Kier molecular flexibility index (Phi) is 5.27. The number of alkyl halides is 3. The predicted molar refractivity (Wildman–Crippen MR) is 75.9 cm³/mol. The molecule has 1 aliphatic rings. The monoisotopic (exact) mass is 347 g/mol. The highest BCUT2D eigenvalue weighted by Crippen LogP contribution is 2.30. The number of carboxylic acid groups (broad SMARTS) is 1. The van der Waals surface area contributed by atoms with Gasteiger partial charge >= 0.3 is 18.2 Å². The summed E-state index contributed by atoms with van der Waals surface area (Å²) in [6, 6.07) is 1.08. The molecule has 1 aliphatic heterocycles. The molecular weight excluding hydrogens is 331 g/mol. The number of pyridine rings is 1. The Morgan fingerprint density at radius 2 is 2.17 bits per heavy atom. The lowest BCUT2D eigenvalue weighted by atomic mass is 10.2. The highest BCUT2D eigenvalue weighted by Gasteiger charge is 2.35. The van der Waals surface area contributed by atoms with E-state index in [-0.39, 0.29) is 6.04 Å². The van der Waals surface area contributed by atoms with E-state index in [0.717, 1.165) is 18.9 Å². The van der Waals surface area contributed by atoms with Crippen molar-refractivity contribution in [2.75, 3.05) is 20.1 Å². The number of ether oxygens (including phenoxy) is 1. The van der Waals surface area contributed by atoms with Crippen molar-refractivity contribution in [2.45, 2.75) is 25.1 Å². The molecule has 10 heteroatoms. The molecule has 0 spiro atoms. The van der Waals surface area contributed by atoms with Gasteiger partial charge in [0.1, 0.15) is 11.3 Å². The molecule has 2 rings (SSSR count). The number of likely N-dealkylation sites (tertiary alicyclic amines) is 1. The maximum atomic E-state index is 12.7. The van der Waals surface area contributed by atoms with Gasteiger partial charge in [-0.25, -0.2) is 14.6 Å². The number of amides is 1. The van der Waals surface area contributed by atoms with Gasteiger partial charge in [-0.1, -0.05) is 0 Å². The minimum Gasteiger partial charge on any atom is -0.477 e. The summed E-state index contributed by atoms with van der Waals surface area (Å²) in [6.07, 6.45) is -4.25. The number of carboxylic acids is 1. The zero-order chi connectivity index (χ0) is 17.9. The molecule has 1 fully saturated rings. The summed E-state index contributed by atoms with van der Waals surface area (Å²) in [5, 5.41) is 11.9. The quantitative estimate of drug-likeness (QED) is 0.865. The highest BCUT2D eigenvalue weighted by molar-refractivity contribution is 5.91. The van der Waals surface area contributed by atoms with Gasteiger partial charge in [0, 0.05) is 19.1 Å². The van der Waals surface area contributed by atoms with Gasteiger partial charge in [-0.3, -0.25) is 0 Å². The van der Waals surface area contributed by atoms with Gasteiger partial charge < -0.3 is 20.1 Å². The van der Waals surface area contributed by atoms with Crippen LogP contribution in [0.1, 0.15) is 28.9 Å². The zero-order valence-electron chi connectivity index (χ0n) is 12.8. The van der Waals surface area contributed by atoms with E-state index >= 15 is 0 Å². The summed E-state index contributed by atoms with van der Waals surface area (Å²) >= 11 is 0. The van der Waals surface area contributed by atoms with Crippen molar-refractivity contribution < 1.29 is 32.6 Å². The predicted octanol–water partition coefficient (Wildman–Crippen LogP) is 1.98. The van der Waals surface area contributed by atoms with E-state index in [9.17, 15) is 22.8 Å². The molecule has 2 N–H and O–H groups in total. The van der Waals surface area contributed by atoms with Crippen LogP contribution < -0.4 is 10.1 Å². The van der Waals surface area contributed by atoms with Gasteiger partial charge in [0.15, 0.2) is 0 Å². The first kappa shape index (κ1) is 18.0. The van der Waals surface area contributed by atoms with Crippen LogP contribution in [0.5, 0.6) is 5.88 Å². The highest BCUT2D eigenvalue weighted by atomic mass is 19.4. The molecule has 0 saturated carbocycles. The molecule has 0 unspecified atom stereocenters. The summed E-state index contributed by atoms with van der Waals surface area (Å²) in [5.74, 6) is -2.40. The number of carbonyl (C=O) groups excluding carboxylic acids is 1. The number of likely N-dealkylation sites (N-methyl/N-ethyl adjacent to an activating group) is 1. The first-order valence-electron chi connectivity index (χ1n) is 7.18. The second-order valence-electron chi connectivity index (χ2n) is 5.27. The average Bonchev–Trinajstić information content (AvgIpc) is 2.94. The summed E-state index contributed by atoms with van der Waals surface area (Å²) in [4.78, 5) is 27.8. The van der Waals surface area contributed by atoms with Crippen LogP contribution in [-0.4, -0.2) is 53.2 Å². The molecule has 0 radical (unpaired) electrons. The fraction of sp³-hybridized carbons (Fsp3) is 0.500. The van der Waals surface area contributed by atoms with Crippen molar-refractivity contribution in [3.8, 4) is 5.88 Å². The van der Waals surface area contributed by atoms with Gasteiger partial charge in [-0.15, -0.1) is 0 Å². The van der Waals surface area contributed by atoms with Crippen molar-refractivity contribution in [1.29, 1.82) is 0 Å². The molecule has 2 heterocycles. The Bertz CT molecular complexity index is 636. The van der Waals surface area contributed by atoms with Gasteiger partial charge in [0.25, 0.3) is 0 Å². The number of aromatic carboxylic acids is 1. The molecule has 1 atom stereocenters. The Labute approximate surface area is 135 Å². The molecule has 1 aromatic heterocycles. The molecule has 24 heavy (non-hydrogen) atoms. The molecule has 0 bridgehead atoms. The molecule has 0 aromatic carbocycles. The van der Waals surface area contributed by atoms with E-state index in [4.69, 9.17) is 9.84 Å². The van der Waals surface area contributed by atoms with Crippen molar-refractivity contribution in [1.82, 2.24) is 15.2 Å². The van der Waals surface area contributed by atoms with Crippen LogP contribution in [0.15, 0.2) is 12.1 Å². The first-order valence-corrected chi connectivity index (χ1v) is 7.18. The van der Waals surface area contributed by atoms with Gasteiger partial charge in [-0.2, -0.15) is 13.2 Å². The van der Waals surface area contributed by atoms with E-state index in [1.807, 2.05) is 0 Å². The Balaban J connectivity index is 2.26. The maximum Gasteiger partial charge on any atom is 0.433 e. The number of nitrogens with one attached hydrogen (secondary N) is 1. The van der Waals surface area contributed by atoms with Crippen LogP contribution in [0.4, 0.5) is 18.0 Å². The third kappa shape index (κ3) is 3.94. The summed E-state index contributed by atoms with van der Waals surface area (Å²) in [5.41, 5.74) is -1.94. The van der Waals surface area contributed by atoms with Crippen molar-refractivity contribution in [2.24, 2.45) is 0 Å². The number of nitrogens with zero attached hydrogens (tertiary/aromatic N) is 2. The van der Waals surface area contributed by atoms with Crippen LogP contribution in [-0.2, 0) is 6.18 Å². The number of rotatable bonds is 4. The summed E-state index contributed by atoms with van der Waals surface area (Å²) in [6.45, 7) is 0.878. The Hall–Kier alpha value is -2.36. The SMILES string of the molecule is CNC[C@@H]1CCCN1C(=O)Oc1nc(C(F)(F)F)ccc1C(=O)O. The lowest BCUT2D eigenvalue weighted by Crippen LogP contribution is -2.42. The molecule has 7 nitrogen and oxygen atoms in total. The van der Waals surface area contributed by atoms with Crippen LogP contribution >= 0.6 is 0 Å². The Morgan fingerprint density at radius 1 is 1.46 bits per heavy atom. The third-order valence-corrected chi connectivity index (χ3v) is 3.62. The summed E-state index contributed by atoms with van der Waals surface area (Å²) < 4.78 is 43.1. The van der Waals surface area contributed by atoms with E-state index in [1.165, 1.54) is 4.90 Å². The topological polar surface area (TPSA) is 91.8 Å². The zero-order valence-corrected chi connectivity index (χ0v) is 12.8. The molecule has 1 aromatic rings. The molecule has 1 amide bonds. The number of hydrogen-bond donors (Lipinski definition) is 2. The number of hydrogen-bond acceptors (Lipinski definition) is 5. The largest absolute Gasteiger partial charge is 0.477 e. The smallest absolute Gasteiger partial charge is 0.433 e. The second-order valence-corrected chi connectivity index (χ2v) is 5.27. The maximum absolute atomic E-state index is 12.7. The normalized spacial score (nSPS) is 17.8. The average molecular weight is 347 g/mol. The second kappa shape index (κ2) is 7.04. The van der Waals surface area contributed by atoms with E-state index in [2.05, 4.69) is 10.3 Å². The fourth-order valence-electron chi connectivity index (χ4n) is 2.50. The lowest BCUT2D eigenvalue weighted by molar-refractivity contribution is -0.141. The number of carbonyl (C=O) groups is 2. The van der Waals surface area contributed by atoms with Crippen molar-refractivity contribution in [3.63, 3.8) is 0 Å². The standard InChI is InChI=1S/C14H16F3N3O4/c1-18-7-8-3-2-6-20(8)13(23)24-11-9(12(21)22)4-5-10(19-11)14(15,16)17/h4-5,8,18H,2-3,6-7H2,1H3,(H,21,22)/t8-/m0/s1. The minimum atomic E-state index is -4.78. The van der Waals surface area contributed by atoms with Crippen LogP contribution in [0.3, 0.4) is 0 Å². The minimum absolute atomic E-state index is 0.165. The van der Waals surface area contributed by atoms with E-state index in [0.29, 0.717) is 19.2 Å². The number of halogens is 3. The number of aromatic nitrogens is 1. The fourth-order valence-corrected chi connectivity index (χ4v) is 2.50. The first-order chi connectivity index (χ1) is 11.2. The van der Waals surface area contributed by atoms with Crippen LogP contribution in [0.25, 0.3) is 0 Å². The van der Waals surface area contributed by atoms with Gasteiger partial charge in [0.2, 0.25) is 5.88 Å². The van der Waals surface area contributed by atoms with E-state index < -0.39 is 35.4 Å². The van der Waals surface area contributed by atoms with Crippen LogP contribution in [0.2, 0.25) is 0 Å². The van der Waals surface area contributed by atoms with Gasteiger partial charge in [-0.05, 0) is 32.0 Å². The van der Waals surface area contributed by atoms with Crippen molar-refractivity contribution >= 4 is 12.1 Å². The Morgan fingerprint density at radius 3 is 2.75 bits per heavy atom. The van der Waals surface area contributed by atoms with Gasteiger partial charge in [0.05, 0.1) is 0 Å². The molecule has 0 aliphatic carbocycles. The van der Waals surface area contributed by atoms with E-state index in [1.54, 1.807) is 7.05 Å². The third-order valence-electron chi connectivity index (χ3n) is 3.62. The molecular formula is C14H16F3N3O4. The molecule has 132 valence electrons. The lowest BCUT2D eigenvalue weighted by Gasteiger charge is -2.23. The van der Waals surface area contributed by atoms with Crippen molar-refractivity contribution in [3.05, 3.63) is 23.4 Å². The summed E-state index contributed by atoms with van der Waals surface area (Å²) in [7, 11) is 1.71.